The minimum atomic E-state index is -0.411. The molecule has 1 amide bonds. The molecule has 20 heavy (non-hydrogen) atoms. The van der Waals surface area contributed by atoms with Gasteiger partial charge in [-0.15, -0.1) is 0 Å². The number of nitrogens with two attached hydrogens (primary N) is 1. The molecule has 0 aromatic heterocycles. The van der Waals surface area contributed by atoms with Crippen LogP contribution in [0.3, 0.4) is 0 Å². The Morgan fingerprint density at radius 3 is 2.80 bits per heavy atom. The Kier molecular flexibility index (Phi) is 4.76. The number of carbonyl (C=O) groups is 1. The third-order valence-corrected chi connectivity index (χ3v) is 3.24. The molecule has 1 aliphatic carbocycles. The van der Waals surface area contributed by atoms with Gasteiger partial charge in [0, 0.05) is 25.2 Å². The Labute approximate surface area is 119 Å². The van der Waals surface area contributed by atoms with E-state index in [1.807, 2.05) is 12.1 Å². The van der Waals surface area contributed by atoms with Crippen molar-refractivity contribution in [3.63, 3.8) is 0 Å². The molecule has 0 spiro atoms. The number of amides is 1. The monoisotopic (exact) mass is 272 g/mol. The number of hydrogen-bond acceptors (Lipinski definition) is 2. The number of hydrogen-bond donors (Lipinski definition) is 3. The molecule has 0 bridgehead atoms. The second-order valence-corrected chi connectivity index (χ2v) is 4.77. The molecule has 0 unspecified atom stereocenters. The van der Waals surface area contributed by atoms with Crippen molar-refractivity contribution >= 4 is 11.9 Å². The molecule has 5 nitrogen and oxygen atoms in total. The molecular weight excluding hydrogens is 252 g/mol. The molecule has 2 rings (SSSR count). The fourth-order valence-corrected chi connectivity index (χ4v) is 2.14. The standard InChI is InChI=1S/C15H20N4O/c1-17-15(19-13-7-2-3-8-13)18-10-11-5-4-6-12(9-11)14(16)20/h2-6,9,13H,7-8,10H2,1H3,(H2,16,20)(H2,17,18,19). The number of aliphatic imine (C=N–C) groups is 1. The Balaban J connectivity index is 1.89. The summed E-state index contributed by atoms with van der Waals surface area (Å²) < 4.78 is 0. The zero-order chi connectivity index (χ0) is 14.4. The molecule has 0 radical (unpaired) electrons. The molecule has 0 saturated carbocycles. The van der Waals surface area contributed by atoms with E-state index in [1.165, 1.54) is 0 Å². The van der Waals surface area contributed by atoms with E-state index in [9.17, 15) is 4.79 Å². The van der Waals surface area contributed by atoms with E-state index >= 15 is 0 Å². The van der Waals surface area contributed by atoms with E-state index in [0.29, 0.717) is 18.2 Å². The van der Waals surface area contributed by atoms with Crippen LogP contribution in [0.1, 0.15) is 28.8 Å². The summed E-state index contributed by atoms with van der Waals surface area (Å²) in [6, 6.07) is 7.69. The summed E-state index contributed by atoms with van der Waals surface area (Å²) >= 11 is 0. The van der Waals surface area contributed by atoms with Gasteiger partial charge in [-0.25, -0.2) is 0 Å². The summed E-state index contributed by atoms with van der Waals surface area (Å²) in [4.78, 5) is 15.3. The van der Waals surface area contributed by atoms with Crippen molar-refractivity contribution in [2.24, 2.45) is 10.7 Å². The van der Waals surface area contributed by atoms with Crippen LogP contribution in [-0.4, -0.2) is 25.0 Å². The first kappa shape index (κ1) is 14.1. The van der Waals surface area contributed by atoms with Crippen LogP contribution in [0.15, 0.2) is 41.4 Å². The zero-order valence-electron chi connectivity index (χ0n) is 11.6. The first-order chi connectivity index (χ1) is 9.69. The summed E-state index contributed by atoms with van der Waals surface area (Å²) in [6.45, 7) is 0.598. The van der Waals surface area contributed by atoms with Gasteiger partial charge in [-0.1, -0.05) is 24.3 Å². The van der Waals surface area contributed by atoms with Gasteiger partial charge in [0.05, 0.1) is 0 Å². The first-order valence-corrected chi connectivity index (χ1v) is 6.70. The normalized spacial score (nSPS) is 15.3. The van der Waals surface area contributed by atoms with Crippen molar-refractivity contribution in [3.8, 4) is 0 Å². The highest BCUT2D eigenvalue weighted by Crippen LogP contribution is 2.09. The molecule has 0 saturated heterocycles. The number of nitrogens with one attached hydrogen (secondary N) is 2. The maximum atomic E-state index is 11.1. The van der Waals surface area contributed by atoms with E-state index in [0.717, 1.165) is 24.4 Å². The minimum Gasteiger partial charge on any atom is -0.366 e. The molecule has 0 atom stereocenters. The average molecular weight is 272 g/mol. The molecular formula is C15H20N4O. The van der Waals surface area contributed by atoms with Gasteiger partial charge in [-0.2, -0.15) is 0 Å². The van der Waals surface area contributed by atoms with Crippen LogP contribution < -0.4 is 16.4 Å². The topological polar surface area (TPSA) is 79.5 Å². The third-order valence-electron chi connectivity index (χ3n) is 3.24. The fourth-order valence-electron chi connectivity index (χ4n) is 2.14. The van der Waals surface area contributed by atoms with Crippen LogP contribution in [0.5, 0.6) is 0 Å². The fraction of sp³-hybridized carbons (Fsp3) is 0.333. The quantitative estimate of drug-likeness (QED) is 0.437. The lowest BCUT2D eigenvalue weighted by Gasteiger charge is -2.17. The summed E-state index contributed by atoms with van der Waals surface area (Å²) in [6.07, 6.45) is 6.39. The van der Waals surface area contributed by atoms with Gasteiger partial charge in [0.1, 0.15) is 0 Å². The first-order valence-electron chi connectivity index (χ1n) is 6.70. The van der Waals surface area contributed by atoms with Crippen molar-refractivity contribution in [1.29, 1.82) is 0 Å². The van der Waals surface area contributed by atoms with Crippen molar-refractivity contribution in [2.45, 2.75) is 25.4 Å². The molecule has 0 heterocycles. The molecule has 0 fully saturated rings. The van der Waals surface area contributed by atoms with Crippen LogP contribution in [0.2, 0.25) is 0 Å². The highest BCUT2D eigenvalue weighted by atomic mass is 16.1. The summed E-state index contributed by atoms with van der Waals surface area (Å²) in [7, 11) is 1.75. The second-order valence-electron chi connectivity index (χ2n) is 4.77. The Morgan fingerprint density at radius 2 is 2.15 bits per heavy atom. The smallest absolute Gasteiger partial charge is 0.248 e. The van der Waals surface area contributed by atoms with Crippen molar-refractivity contribution in [3.05, 3.63) is 47.5 Å². The van der Waals surface area contributed by atoms with Crippen LogP contribution >= 0.6 is 0 Å². The van der Waals surface area contributed by atoms with Crippen LogP contribution in [0.4, 0.5) is 0 Å². The predicted octanol–water partition coefficient (Wildman–Crippen LogP) is 1.17. The number of nitrogens with zero attached hydrogens (tertiary/aromatic N) is 1. The van der Waals surface area contributed by atoms with Gasteiger partial charge >= 0.3 is 0 Å². The van der Waals surface area contributed by atoms with Gasteiger partial charge < -0.3 is 16.4 Å². The number of guanidine groups is 1. The van der Waals surface area contributed by atoms with E-state index in [2.05, 4.69) is 27.8 Å². The minimum absolute atomic E-state index is 0.411. The average Bonchev–Trinajstić information content (AvgIpc) is 2.96. The molecule has 0 aliphatic heterocycles. The van der Waals surface area contributed by atoms with Crippen molar-refractivity contribution in [1.82, 2.24) is 10.6 Å². The van der Waals surface area contributed by atoms with Crippen molar-refractivity contribution < 1.29 is 4.79 Å². The summed E-state index contributed by atoms with van der Waals surface area (Å²) in [5.41, 5.74) is 6.79. The lowest BCUT2D eigenvalue weighted by Crippen LogP contribution is -2.42. The second kappa shape index (κ2) is 6.75. The SMILES string of the molecule is CN=C(NCc1cccc(C(N)=O)c1)NC1CC=CC1. The van der Waals surface area contributed by atoms with Gasteiger partial charge in [-0.05, 0) is 30.5 Å². The van der Waals surface area contributed by atoms with E-state index < -0.39 is 5.91 Å². The summed E-state index contributed by atoms with van der Waals surface area (Å²) in [5.74, 6) is 0.356. The van der Waals surface area contributed by atoms with E-state index in [-0.39, 0.29) is 0 Å². The maximum Gasteiger partial charge on any atom is 0.248 e. The number of primary amides is 1. The van der Waals surface area contributed by atoms with Crippen LogP contribution in [-0.2, 0) is 6.54 Å². The molecule has 106 valence electrons. The van der Waals surface area contributed by atoms with E-state index in [1.54, 1.807) is 19.2 Å². The number of carbonyl (C=O) groups excluding carboxylic acids is 1. The number of benzene rings is 1. The molecule has 1 aliphatic rings. The highest BCUT2D eigenvalue weighted by molar-refractivity contribution is 5.92. The predicted molar refractivity (Wildman–Crippen MR) is 80.5 cm³/mol. The van der Waals surface area contributed by atoms with Crippen LogP contribution in [0.25, 0.3) is 0 Å². The summed E-state index contributed by atoms with van der Waals surface area (Å²) in [5, 5.41) is 6.60. The maximum absolute atomic E-state index is 11.1. The lowest BCUT2D eigenvalue weighted by molar-refractivity contribution is 0.1000. The van der Waals surface area contributed by atoms with Gasteiger partial charge in [0.15, 0.2) is 5.96 Å². The van der Waals surface area contributed by atoms with E-state index in [4.69, 9.17) is 5.73 Å². The van der Waals surface area contributed by atoms with Crippen LogP contribution in [0, 0.1) is 0 Å². The molecule has 5 heteroatoms. The lowest BCUT2D eigenvalue weighted by atomic mass is 10.1. The largest absolute Gasteiger partial charge is 0.366 e. The van der Waals surface area contributed by atoms with Gasteiger partial charge in [0.25, 0.3) is 0 Å². The molecule has 1 aromatic carbocycles. The van der Waals surface area contributed by atoms with Gasteiger partial charge in [0.2, 0.25) is 5.91 Å². The Hall–Kier alpha value is -2.30. The third kappa shape index (κ3) is 3.85. The molecule has 1 aromatic rings. The number of rotatable bonds is 4. The zero-order valence-corrected chi connectivity index (χ0v) is 11.6. The van der Waals surface area contributed by atoms with Crippen molar-refractivity contribution in [2.75, 3.05) is 7.05 Å². The Morgan fingerprint density at radius 1 is 1.40 bits per heavy atom. The highest BCUT2D eigenvalue weighted by Gasteiger charge is 2.11. The van der Waals surface area contributed by atoms with Gasteiger partial charge in [-0.3, -0.25) is 9.79 Å². The Bertz CT molecular complexity index is 528. The molecule has 4 N–H and O–H groups in total.